The molecule has 0 aromatic carbocycles. The monoisotopic (exact) mass is 330 g/mol. The molecule has 3 aromatic heterocycles. The molecule has 118 valence electrons. The molecule has 0 saturated carbocycles. The number of aromatic amines is 1. The van der Waals surface area contributed by atoms with Crippen molar-refractivity contribution in [2.45, 2.75) is 25.3 Å². The number of aromatic nitrogens is 5. The van der Waals surface area contributed by atoms with Gasteiger partial charge >= 0.3 is 0 Å². The maximum atomic E-state index is 13.1. The van der Waals surface area contributed by atoms with Gasteiger partial charge in [0.2, 0.25) is 0 Å². The number of H-pyrrole nitrogens is 1. The number of nitrogens with one attached hydrogen (secondary N) is 1. The second kappa shape index (κ2) is 5.66. The van der Waals surface area contributed by atoms with Gasteiger partial charge in [-0.3, -0.25) is 14.3 Å². The minimum atomic E-state index is -0.130. The minimum absolute atomic E-state index is 0.107. The first-order chi connectivity index (χ1) is 11.3. The first kappa shape index (κ1) is 14.2. The summed E-state index contributed by atoms with van der Waals surface area (Å²) in [6.07, 6.45) is 6.14. The molecule has 23 heavy (non-hydrogen) atoms. The summed E-state index contributed by atoms with van der Waals surface area (Å²) in [6, 6.07) is 5.44. The van der Waals surface area contributed by atoms with Gasteiger partial charge in [-0.25, -0.2) is 9.97 Å². The normalized spacial score (nSPS) is 18.5. The van der Waals surface area contributed by atoms with Gasteiger partial charge in [-0.1, -0.05) is 17.7 Å². The molecule has 1 atom stereocenters. The molecule has 1 aliphatic rings. The van der Waals surface area contributed by atoms with Crippen molar-refractivity contribution in [1.82, 2.24) is 29.5 Å². The molecule has 1 saturated heterocycles. The van der Waals surface area contributed by atoms with Crippen LogP contribution in [-0.4, -0.2) is 41.9 Å². The number of hydrogen-bond donors (Lipinski definition) is 1. The molecule has 0 spiro atoms. The van der Waals surface area contributed by atoms with Crippen LogP contribution in [0.4, 0.5) is 0 Å². The summed E-state index contributed by atoms with van der Waals surface area (Å²) < 4.78 is 1.73. The Balaban J connectivity index is 1.75. The fraction of sp³-hybridized carbons (Fsp3) is 0.333. The van der Waals surface area contributed by atoms with Crippen LogP contribution < -0.4 is 0 Å². The van der Waals surface area contributed by atoms with Gasteiger partial charge in [-0.15, -0.1) is 0 Å². The van der Waals surface area contributed by atoms with Crippen LogP contribution in [0.25, 0.3) is 5.65 Å². The smallest absolute Gasteiger partial charge is 0.274 e. The molecule has 0 radical (unpaired) electrons. The second-order valence-corrected chi connectivity index (χ2v) is 5.92. The average molecular weight is 331 g/mol. The number of fused-ring (bicyclic) bond motifs is 1. The molecular formula is C15H15ClN6O. The fourth-order valence-electron chi connectivity index (χ4n) is 3.13. The van der Waals surface area contributed by atoms with E-state index >= 15 is 0 Å². The van der Waals surface area contributed by atoms with Gasteiger partial charge in [0.15, 0.2) is 10.8 Å². The molecule has 4 heterocycles. The molecule has 4 rings (SSSR count). The fourth-order valence-corrected chi connectivity index (χ4v) is 3.39. The molecule has 3 aromatic rings. The zero-order valence-corrected chi connectivity index (χ0v) is 13.1. The van der Waals surface area contributed by atoms with E-state index in [1.807, 2.05) is 23.1 Å². The van der Waals surface area contributed by atoms with Gasteiger partial charge in [0, 0.05) is 12.7 Å². The number of hydrogen-bond acceptors (Lipinski definition) is 4. The molecule has 8 heteroatoms. The van der Waals surface area contributed by atoms with E-state index in [1.165, 1.54) is 6.33 Å². The van der Waals surface area contributed by atoms with E-state index in [4.69, 9.17) is 11.6 Å². The van der Waals surface area contributed by atoms with Crippen LogP contribution in [0.5, 0.6) is 0 Å². The zero-order valence-electron chi connectivity index (χ0n) is 12.3. The quantitative estimate of drug-likeness (QED) is 0.783. The Morgan fingerprint density at radius 1 is 1.35 bits per heavy atom. The van der Waals surface area contributed by atoms with E-state index in [9.17, 15) is 4.79 Å². The summed E-state index contributed by atoms with van der Waals surface area (Å²) in [6.45, 7) is 0.667. The Bertz CT molecular complexity index is 843. The highest BCUT2D eigenvalue weighted by molar-refractivity contribution is 6.32. The predicted octanol–water partition coefficient (Wildman–Crippen LogP) is 2.47. The summed E-state index contributed by atoms with van der Waals surface area (Å²) in [4.78, 5) is 23.4. The van der Waals surface area contributed by atoms with E-state index in [2.05, 4.69) is 20.2 Å². The maximum Gasteiger partial charge on any atom is 0.274 e. The van der Waals surface area contributed by atoms with Crippen LogP contribution in [-0.2, 0) is 0 Å². The lowest BCUT2D eigenvalue weighted by Gasteiger charge is -2.34. The largest absolute Gasteiger partial charge is 0.327 e. The van der Waals surface area contributed by atoms with E-state index in [-0.39, 0.29) is 17.1 Å². The van der Waals surface area contributed by atoms with E-state index in [1.54, 1.807) is 10.6 Å². The van der Waals surface area contributed by atoms with Crippen LogP contribution in [0, 0.1) is 0 Å². The topological polar surface area (TPSA) is 79.2 Å². The maximum absolute atomic E-state index is 13.1. The highest BCUT2D eigenvalue weighted by Gasteiger charge is 2.33. The zero-order chi connectivity index (χ0) is 15.8. The number of carbonyl (C=O) groups excluding carboxylic acids is 1. The molecule has 1 amide bonds. The van der Waals surface area contributed by atoms with Crippen molar-refractivity contribution in [2.24, 2.45) is 0 Å². The van der Waals surface area contributed by atoms with Gasteiger partial charge in [0.05, 0.1) is 6.04 Å². The standard InChI is InChI=1S/C15H15ClN6O/c16-13-12(22-8-4-2-6-11(22)19-13)15(23)21-7-3-1-5-10(21)14-17-9-18-20-14/h2,4,6,8-10H,1,3,5,7H2,(H,17,18,20)/t10-/m1/s1. The third-order valence-corrected chi connectivity index (χ3v) is 4.47. The van der Waals surface area contributed by atoms with E-state index in [0.717, 1.165) is 19.3 Å². The van der Waals surface area contributed by atoms with Crippen molar-refractivity contribution in [3.8, 4) is 0 Å². The highest BCUT2D eigenvalue weighted by Crippen LogP contribution is 2.31. The third-order valence-electron chi connectivity index (χ3n) is 4.20. The molecule has 1 N–H and O–H groups in total. The van der Waals surface area contributed by atoms with Crippen LogP contribution in [0.15, 0.2) is 30.7 Å². The van der Waals surface area contributed by atoms with Crippen LogP contribution in [0.2, 0.25) is 5.15 Å². The van der Waals surface area contributed by atoms with Gasteiger partial charge in [-0.2, -0.15) is 5.10 Å². The lowest BCUT2D eigenvalue weighted by Crippen LogP contribution is -2.39. The van der Waals surface area contributed by atoms with Gasteiger partial charge in [0.25, 0.3) is 5.91 Å². The Kier molecular flexibility index (Phi) is 3.49. The Morgan fingerprint density at radius 3 is 3.09 bits per heavy atom. The number of piperidine rings is 1. The Labute approximate surface area is 137 Å². The second-order valence-electron chi connectivity index (χ2n) is 5.56. The van der Waals surface area contributed by atoms with Crippen molar-refractivity contribution in [3.63, 3.8) is 0 Å². The molecule has 7 nitrogen and oxygen atoms in total. The van der Waals surface area contributed by atoms with Crippen molar-refractivity contribution >= 4 is 23.2 Å². The SMILES string of the molecule is O=C(c1c(Cl)nc2ccccn12)N1CCCC[C@@H]1c1ncn[nH]1. The van der Waals surface area contributed by atoms with E-state index in [0.29, 0.717) is 23.7 Å². The molecular weight excluding hydrogens is 316 g/mol. The first-order valence-electron chi connectivity index (χ1n) is 7.54. The number of carbonyl (C=O) groups is 1. The number of nitrogens with zero attached hydrogens (tertiary/aromatic N) is 5. The van der Waals surface area contributed by atoms with Gasteiger partial charge in [-0.05, 0) is 31.4 Å². The van der Waals surface area contributed by atoms with Gasteiger partial charge in [0.1, 0.15) is 17.8 Å². The summed E-state index contributed by atoms with van der Waals surface area (Å²) in [7, 11) is 0. The summed E-state index contributed by atoms with van der Waals surface area (Å²) in [5.74, 6) is 0.581. The lowest BCUT2D eigenvalue weighted by atomic mass is 10.0. The molecule has 1 fully saturated rings. The summed E-state index contributed by atoms with van der Waals surface area (Å²) in [5.41, 5.74) is 1.06. The number of imidazole rings is 1. The number of amides is 1. The molecule has 1 aliphatic heterocycles. The van der Waals surface area contributed by atoms with Crippen molar-refractivity contribution < 1.29 is 4.79 Å². The molecule has 0 bridgehead atoms. The highest BCUT2D eigenvalue weighted by atomic mass is 35.5. The van der Waals surface area contributed by atoms with Crippen LogP contribution >= 0.6 is 11.6 Å². The summed E-state index contributed by atoms with van der Waals surface area (Å²) >= 11 is 6.24. The third kappa shape index (κ3) is 2.37. The minimum Gasteiger partial charge on any atom is -0.327 e. The summed E-state index contributed by atoms with van der Waals surface area (Å²) in [5, 5.41) is 7.01. The van der Waals surface area contributed by atoms with E-state index < -0.39 is 0 Å². The number of halogens is 1. The number of rotatable bonds is 2. The van der Waals surface area contributed by atoms with Crippen molar-refractivity contribution in [2.75, 3.05) is 6.54 Å². The van der Waals surface area contributed by atoms with Crippen LogP contribution in [0.3, 0.4) is 0 Å². The van der Waals surface area contributed by atoms with Gasteiger partial charge < -0.3 is 4.90 Å². The van der Waals surface area contributed by atoms with Crippen molar-refractivity contribution in [1.29, 1.82) is 0 Å². The first-order valence-corrected chi connectivity index (χ1v) is 7.92. The van der Waals surface area contributed by atoms with Crippen molar-refractivity contribution in [3.05, 3.63) is 47.4 Å². The lowest BCUT2D eigenvalue weighted by molar-refractivity contribution is 0.0593. The van der Waals surface area contributed by atoms with Crippen LogP contribution in [0.1, 0.15) is 41.6 Å². The number of likely N-dealkylation sites (tertiary alicyclic amines) is 1. The predicted molar refractivity (Wildman–Crippen MR) is 84.2 cm³/mol. The Morgan fingerprint density at radius 2 is 2.26 bits per heavy atom. The Hall–Kier alpha value is -2.41. The molecule has 0 unspecified atom stereocenters. The average Bonchev–Trinajstić information content (AvgIpc) is 3.21. The number of pyridine rings is 1. The molecule has 0 aliphatic carbocycles.